The van der Waals surface area contributed by atoms with Gasteiger partial charge in [-0.05, 0) is 25.0 Å². The van der Waals surface area contributed by atoms with Crippen molar-refractivity contribution in [2.75, 3.05) is 26.9 Å². The zero-order chi connectivity index (χ0) is 16.7. The zero-order valence-electron chi connectivity index (χ0n) is 13.5. The highest BCUT2D eigenvalue weighted by Crippen LogP contribution is 2.31. The Morgan fingerprint density at radius 2 is 1.78 bits per heavy atom. The van der Waals surface area contributed by atoms with E-state index in [1.54, 1.807) is 25.3 Å². The molecule has 6 heteroatoms. The van der Waals surface area contributed by atoms with Crippen molar-refractivity contribution in [3.05, 3.63) is 36.4 Å². The molecule has 23 heavy (non-hydrogen) atoms. The van der Waals surface area contributed by atoms with E-state index < -0.39 is 10.0 Å². The topological polar surface area (TPSA) is 64.6 Å². The van der Waals surface area contributed by atoms with Crippen LogP contribution in [0.1, 0.15) is 19.8 Å². The van der Waals surface area contributed by atoms with Gasteiger partial charge >= 0.3 is 0 Å². The number of sulfonamides is 1. The molecular formula is C17H23NO4S. The van der Waals surface area contributed by atoms with Gasteiger partial charge in [0.15, 0.2) is 0 Å². The molecule has 2 aromatic rings. The highest BCUT2D eigenvalue weighted by Gasteiger charge is 2.18. The first-order valence-electron chi connectivity index (χ1n) is 7.73. The number of fused-ring (bicyclic) bond motifs is 1. The van der Waals surface area contributed by atoms with E-state index in [-0.39, 0.29) is 4.90 Å². The Kier molecular flexibility index (Phi) is 6.38. The lowest BCUT2D eigenvalue weighted by Gasteiger charge is -2.13. The third-order valence-corrected chi connectivity index (χ3v) is 4.93. The minimum atomic E-state index is -3.57. The van der Waals surface area contributed by atoms with Crippen molar-refractivity contribution in [2.24, 2.45) is 0 Å². The van der Waals surface area contributed by atoms with Crippen molar-refractivity contribution < 1.29 is 17.9 Å². The molecule has 0 aromatic heterocycles. The van der Waals surface area contributed by atoms with E-state index in [0.29, 0.717) is 37.3 Å². The normalized spacial score (nSPS) is 11.7. The van der Waals surface area contributed by atoms with Gasteiger partial charge in [-0.25, -0.2) is 13.1 Å². The maximum Gasteiger partial charge on any atom is 0.241 e. The highest BCUT2D eigenvalue weighted by atomic mass is 32.2. The van der Waals surface area contributed by atoms with E-state index in [0.717, 1.165) is 11.8 Å². The predicted molar refractivity (Wildman–Crippen MR) is 91.4 cm³/mol. The first-order chi connectivity index (χ1) is 11.1. The maximum absolute atomic E-state index is 12.5. The zero-order valence-corrected chi connectivity index (χ0v) is 14.4. The molecule has 0 bridgehead atoms. The Morgan fingerprint density at radius 3 is 2.48 bits per heavy atom. The highest BCUT2D eigenvalue weighted by molar-refractivity contribution is 7.89. The van der Waals surface area contributed by atoms with Gasteiger partial charge in [-0.3, -0.25) is 0 Å². The van der Waals surface area contributed by atoms with Crippen LogP contribution in [0, 0.1) is 0 Å². The van der Waals surface area contributed by atoms with Crippen molar-refractivity contribution in [3.8, 4) is 5.75 Å². The lowest BCUT2D eigenvalue weighted by atomic mass is 10.1. The molecule has 0 saturated carbocycles. The number of hydrogen-bond acceptors (Lipinski definition) is 4. The number of nitrogens with one attached hydrogen (secondary N) is 1. The fourth-order valence-corrected chi connectivity index (χ4v) is 3.60. The molecule has 2 aromatic carbocycles. The smallest absolute Gasteiger partial charge is 0.241 e. The van der Waals surface area contributed by atoms with Crippen LogP contribution in [0.4, 0.5) is 0 Å². The summed E-state index contributed by atoms with van der Waals surface area (Å²) in [6.45, 7) is 3.50. The van der Waals surface area contributed by atoms with Crippen LogP contribution in [0.2, 0.25) is 0 Å². The van der Waals surface area contributed by atoms with E-state index in [1.165, 1.54) is 0 Å². The number of rotatable bonds is 9. The summed E-state index contributed by atoms with van der Waals surface area (Å²) in [4.78, 5) is 0.273. The number of ether oxygens (including phenoxy) is 2. The van der Waals surface area contributed by atoms with Crippen LogP contribution in [0.3, 0.4) is 0 Å². The van der Waals surface area contributed by atoms with E-state index >= 15 is 0 Å². The SMILES string of the molecule is CCCOc1ccc(S(=O)(=O)NCCCOC)c2ccccc12. The van der Waals surface area contributed by atoms with E-state index in [1.807, 2.05) is 25.1 Å². The third kappa shape index (κ3) is 4.43. The standard InChI is InChI=1S/C17H23NO4S/c1-3-12-22-16-9-10-17(15-8-5-4-7-14(15)16)23(19,20)18-11-6-13-21-2/h4-5,7-10,18H,3,6,11-13H2,1-2H3. The number of benzene rings is 2. The second-order valence-corrected chi connectivity index (χ2v) is 6.94. The van der Waals surface area contributed by atoms with Gasteiger partial charge in [0.05, 0.1) is 11.5 Å². The summed E-state index contributed by atoms with van der Waals surface area (Å²) in [6, 6.07) is 10.7. The Bertz CT molecular complexity index is 743. The van der Waals surface area contributed by atoms with E-state index in [4.69, 9.17) is 9.47 Å². The molecule has 0 heterocycles. The predicted octanol–water partition coefficient (Wildman–Crippen LogP) is 2.94. The Morgan fingerprint density at radius 1 is 1.04 bits per heavy atom. The van der Waals surface area contributed by atoms with Crippen LogP contribution >= 0.6 is 0 Å². The third-order valence-electron chi connectivity index (χ3n) is 3.41. The maximum atomic E-state index is 12.5. The minimum absolute atomic E-state index is 0.273. The Hall–Kier alpha value is -1.63. The molecule has 0 spiro atoms. The fraction of sp³-hybridized carbons (Fsp3) is 0.412. The lowest BCUT2D eigenvalue weighted by Crippen LogP contribution is -2.25. The summed E-state index contributed by atoms with van der Waals surface area (Å²) in [5.74, 6) is 0.709. The Balaban J connectivity index is 2.34. The molecule has 1 N–H and O–H groups in total. The molecule has 5 nitrogen and oxygen atoms in total. The second kappa shape index (κ2) is 8.29. The molecule has 0 fully saturated rings. The monoisotopic (exact) mass is 337 g/mol. The molecule has 0 atom stereocenters. The summed E-state index contributed by atoms with van der Waals surface area (Å²) >= 11 is 0. The van der Waals surface area contributed by atoms with E-state index in [2.05, 4.69) is 4.72 Å². The molecule has 0 aliphatic rings. The molecule has 0 aliphatic carbocycles. The van der Waals surface area contributed by atoms with Gasteiger partial charge in [-0.15, -0.1) is 0 Å². The van der Waals surface area contributed by atoms with Crippen LogP contribution in [0.15, 0.2) is 41.3 Å². The van der Waals surface area contributed by atoms with Crippen LogP contribution in [0.5, 0.6) is 5.75 Å². The largest absolute Gasteiger partial charge is 0.493 e. The summed E-state index contributed by atoms with van der Waals surface area (Å²) in [5.41, 5.74) is 0. The minimum Gasteiger partial charge on any atom is -0.493 e. The van der Waals surface area contributed by atoms with Gasteiger partial charge < -0.3 is 9.47 Å². The van der Waals surface area contributed by atoms with Crippen molar-refractivity contribution >= 4 is 20.8 Å². The Labute approximate surface area is 137 Å². The number of methoxy groups -OCH3 is 1. The van der Waals surface area contributed by atoms with Gasteiger partial charge in [0.25, 0.3) is 0 Å². The first kappa shape index (κ1) is 17.7. The van der Waals surface area contributed by atoms with Gasteiger partial charge in [0.2, 0.25) is 10.0 Å². The van der Waals surface area contributed by atoms with Gasteiger partial charge in [0, 0.05) is 31.0 Å². The number of hydrogen-bond donors (Lipinski definition) is 1. The van der Waals surface area contributed by atoms with Crippen LogP contribution in [-0.2, 0) is 14.8 Å². The molecule has 2 rings (SSSR count). The summed E-state index contributed by atoms with van der Waals surface area (Å²) in [5, 5.41) is 1.47. The van der Waals surface area contributed by atoms with Gasteiger partial charge in [0.1, 0.15) is 5.75 Å². The summed E-state index contributed by atoms with van der Waals surface area (Å²) in [6.07, 6.45) is 1.53. The molecule has 0 amide bonds. The molecule has 0 saturated heterocycles. The fourth-order valence-electron chi connectivity index (χ4n) is 2.32. The molecule has 0 aliphatic heterocycles. The molecular weight excluding hydrogens is 314 g/mol. The van der Waals surface area contributed by atoms with Crippen molar-refractivity contribution in [1.82, 2.24) is 4.72 Å². The van der Waals surface area contributed by atoms with Crippen LogP contribution < -0.4 is 9.46 Å². The average Bonchev–Trinajstić information content (AvgIpc) is 2.56. The first-order valence-corrected chi connectivity index (χ1v) is 9.21. The summed E-state index contributed by atoms with van der Waals surface area (Å²) in [7, 11) is -1.97. The molecule has 0 unspecified atom stereocenters. The lowest BCUT2D eigenvalue weighted by molar-refractivity contribution is 0.196. The summed E-state index contributed by atoms with van der Waals surface area (Å²) < 4.78 is 38.4. The molecule has 0 radical (unpaired) electrons. The van der Waals surface area contributed by atoms with Gasteiger partial charge in [-0.1, -0.05) is 31.2 Å². The quantitative estimate of drug-likeness (QED) is 0.715. The molecule has 126 valence electrons. The van der Waals surface area contributed by atoms with Crippen LogP contribution in [0.25, 0.3) is 10.8 Å². The van der Waals surface area contributed by atoms with Crippen molar-refractivity contribution in [3.63, 3.8) is 0 Å². The van der Waals surface area contributed by atoms with E-state index in [9.17, 15) is 8.42 Å². The van der Waals surface area contributed by atoms with Crippen LogP contribution in [-0.4, -0.2) is 35.3 Å². The van der Waals surface area contributed by atoms with Crippen molar-refractivity contribution in [1.29, 1.82) is 0 Å². The van der Waals surface area contributed by atoms with Gasteiger partial charge in [-0.2, -0.15) is 0 Å². The second-order valence-electron chi connectivity index (χ2n) is 5.20. The van der Waals surface area contributed by atoms with Crippen molar-refractivity contribution in [2.45, 2.75) is 24.7 Å². The average molecular weight is 337 g/mol.